The average Bonchev–Trinajstić information content (AvgIpc) is 2.60. The molecule has 7 nitrogen and oxygen atoms in total. The monoisotopic (exact) mass is 386 g/mol. The van der Waals surface area contributed by atoms with Gasteiger partial charge in [0.2, 0.25) is 11.8 Å². The molecule has 7 heteroatoms. The molecule has 2 rings (SSSR count). The summed E-state index contributed by atoms with van der Waals surface area (Å²) in [5.74, 6) is -0.672. The van der Waals surface area contributed by atoms with Crippen molar-refractivity contribution in [2.45, 2.75) is 59.9 Å². The Balaban J connectivity index is 2.24. The van der Waals surface area contributed by atoms with Gasteiger partial charge in [0.15, 0.2) is 0 Å². The van der Waals surface area contributed by atoms with Gasteiger partial charge in [-0.2, -0.15) is 5.10 Å². The third-order valence-corrected chi connectivity index (χ3v) is 4.39. The van der Waals surface area contributed by atoms with Gasteiger partial charge in [-0.25, -0.2) is 5.01 Å². The summed E-state index contributed by atoms with van der Waals surface area (Å²) in [6.07, 6.45) is 0.486. The Kier molecular flexibility index (Phi) is 6.59. The third-order valence-electron chi connectivity index (χ3n) is 4.39. The maximum atomic E-state index is 12.9. The Morgan fingerprint density at radius 3 is 2.50 bits per heavy atom. The number of carbonyl (C=O) groups excluding carboxylic acids is 3. The number of aryl methyl sites for hydroxylation is 2. The van der Waals surface area contributed by atoms with Crippen LogP contribution in [0.1, 0.15) is 51.7 Å². The minimum atomic E-state index is -0.367. The normalized spacial score (nSPS) is 14.6. The van der Waals surface area contributed by atoms with E-state index < -0.39 is 0 Å². The number of amides is 3. The van der Waals surface area contributed by atoms with E-state index in [0.29, 0.717) is 17.9 Å². The smallest absolute Gasteiger partial charge is 0.270 e. The van der Waals surface area contributed by atoms with Gasteiger partial charge in [-0.3, -0.25) is 14.4 Å². The standard InChI is InChI=1S/C21H30N4O3/c1-7-24(13-18(26)22-21(4,5)6)20(28)16-10-11-19(27)25(23-16)17-12-14(2)8-9-15(17)3/h8-9,12H,7,10-11,13H2,1-6H3,(H,22,26). The first kappa shape index (κ1) is 21.6. The number of rotatable bonds is 5. The van der Waals surface area contributed by atoms with E-state index in [9.17, 15) is 14.4 Å². The van der Waals surface area contributed by atoms with E-state index in [4.69, 9.17) is 0 Å². The van der Waals surface area contributed by atoms with Crippen LogP contribution in [-0.2, 0) is 14.4 Å². The highest BCUT2D eigenvalue weighted by molar-refractivity contribution is 6.40. The highest BCUT2D eigenvalue weighted by Crippen LogP contribution is 2.25. The molecule has 28 heavy (non-hydrogen) atoms. The molecule has 0 saturated carbocycles. The molecule has 0 atom stereocenters. The van der Waals surface area contributed by atoms with Gasteiger partial charge in [-0.05, 0) is 58.7 Å². The molecule has 1 aliphatic heterocycles. The number of nitrogens with zero attached hydrogens (tertiary/aromatic N) is 3. The average molecular weight is 386 g/mol. The van der Waals surface area contributed by atoms with Crippen LogP contribution >= 0.6 is 0 Å². The Bertz CT molecular complexity index is 808. The summed E-state index contributed by atoms with van der Waals surface area (Å²) in [5.41, 5.74) is 2.53. The zero-order chi connectivity index (χ0) is 21.1. The van der Waals surface area contributed by atoms with Crippen molar-refractivity contribution in [2.24, 2.45) is 5.10 Å². The Hall–Kier alpha value is -2.70. The molecule has 0 spiro atoms. The van der Waals surface area contributed by atoms with Crippen molar-refractivity contribution in [2.75, 3.05) is 18.1 Å². The van der Waals surface area contributed by atoms with Gasteiger partial charge in [0, 0.05) is 24.9 Å². The van der Waals surface area contributed by atoms with Crippen molar-refractivity contribution in [1.29, 1.82) is 0 Å². The van der Waals surface area contributed by atoms with Crippen LogP contribution in [0.15, 0.2) is 23.3 Å². The molecule has 0 bridgehead atoms. The SMILES string of the molecule is CCN(CC(=O)NC(C)(C)C)C(=O)C1=NN(c2cc(C)ccc2C)C(=O)CC1. The molecule has 1 N–H and O–H groups in total. The summed E-state index contributed by atoms with van der Waals surface area (Å²) in [6.45, 7) is 11.7. The lowest BCUT2D eigenvalue weighted by Crippen LogP contribution is -2.49. The minimum Gasteiger partial charge on any atom is -0.350 e. The van der Waals surface area contributed by atoms with Crippen molar-refractivity contribution in [1.82, 2.24) is 10.2 Å². The van der Waals surface area contributed by atoms with Crippen LogP contribution in [0, 0.1) is 13.8 Å². The fourth-order valence-electron chi connectivity index (χ4n) is 2.98. The fraction of sp³-hybridized carbons (Fsp3) is 0.524. The molecular weight excluding hydrogens is 356 g/mol. The number of hydrogen-bond acceptors (Lipinski definition) is 4. The summed E-state index contributed by atoms with van der Waals surface area (Å²) in [5, 5.41) is 8.54. The summed E-state index contributed by atoms with van der Waals surface area (Å²) in [4.78, 5) is 39.1. The van der Waals surface area contributed by atoms with E-state index in [1.807, 2.05) is 59.7 Å². The lowest BCUT2D eigenvalue weighted by atomic mass is 10.1. The van der Waals surface area contributed by atoms with E-state index in [2.05, 4.69) is 10.4 Å². The summed E-state index contributed by atoms with van der Waals surface area (Å²) < 4.78 is 0. The summed E-state index contributed by atoms with van der Waals surface area (Å²) in [6, 6.07) is 5.78. The van der Waals surface area contributed by atoms with Crippen LogP contribution in [0.4, 0.5) is 5.69 Å². The Morgan fingerprint density at radius 1 is 1.21 bits per heavy atom. The second-order valence-electron chi connectivity index (χ2n) is 8.16. The topological polar surface area (TPSA) is 82.1 Å². The number of hydrogen-bond donors (Lipinski definition) is 1. The molecule has 0 unspecified atom stereocenters. The molecule has 0 saturated heterocycles. The first-order valence-electron chi connectivity index (χ1n) is 9.60. The Morgan fingerprint density at radius 2 is 1.89 bits per heavy atom. The highest BCUT2D eigenvalue weighted by Gasteiger charge is 2.29. The van der Waals surface area contributed by atoms with Crippen molar-refractivity contribution in [3.63, 3.8) is 0 Å². The van der Waals surface area contributed by atoms with Crippen LogP contribution in [0.25, 0.3) is 0 Å². The van der Waals surface area contributed by atoms with Gasteiger partial charge in [0.05, 0.1) is 12.2 Å². The van der Waals surface area contributed by atoms with Gasteiger partial charge in [-0.1, -0.05) is 12.1 Å². The third kappa shape index (κ3) is 5.41. The molecule has 0 aliphatic carbocycles. The Labute approximate surface area is 166 Å². The first-order chi connectivity index (χ1) is 13.0. The predicted octanol–water partition coefficient (Wildman–Crippen LogP) is 2.55. The minimum absolute atomic E-state index is 0.0386. The predicted molar refractivity (Wildman–Crippen MR) is 110 cm³/mol. The molecule has 1 heterocycles. The lowest BCUT2D eigenvalue weighted by Gasteiger charge is -2.28. The van der Waals surface area contributed by atoms with E-state index in [0.717, 1.165) is 11.1 Å². The number of hydrazone groups is 1. The molecule has 1 aromatic carbocycles. The maximum Gasteiger partial charge on any atom is 0.270 e. The maximum absolute atomic E-state index is 12.9. The summed E-state index contributed by atoms with van der Waals surface area (Å²) >= 11 is 0. The van der Waals surface area contributed by atoms with Gasteiger partial charge in [-0.15, -0.1) is 0 Å². The number of benzene rings is 1. The zero-order valence-electron chi connectivity index (χ0n) is 17.6. The zero-order valence-corrected chi connectivity index (χ0v) is 17.6. The van der Waals surface area contributed by atoms with Crippen LogP contribution in [0.2, 0.25) is 0 Å². The number of carbonyl (C=O) groups is 3. The number of nitrogens with one attached hydrogen (secondary N) is 1. The van der Waals surface area contributed by atoms with Crippen molar-refractivity contribution >= 4 is 29.1 Å². The van der Waals surface area contributed by atoms with E-state index >= 15 is 0 Å². The van der Waals surface area contributed by atoms with E-state index in [1.54, 1.807) is 0 Å². The number of anilines is 1. The molecule has 0 radical (unpaired) electrons. The van der Waals surface area contributed by atoms with Crippen LogP contribution in [-0.4, -0.2) is 47.0 Å². The number of likely N-dealkylation sites (N-methyl/N-ethyl adjacent to an activating group) is 1. The molecule has 0 aromatic heterocycles. The van der Waals surface area contributed by atoms with Crippen LogP contribution in [0.3, 0.4) is 0 Å². The fourth-order valence-corrected chi connectivity index (χ4v) is 2.98. The van der Waals surface area contributed by atoms with Gasteiger partial charge < -0.3 is 10.2 Å². The largest absolute Gasteiger partial charge is 0.350 e. The highest BCUT2D eigenvalue weighted by atomic mass is 16.2. The van der Waals surface area contributed by atoms with E-state index in [1.165, 1.54) is 9.91 Å². The molecular formula is C21H30N4O3. The van der Waals surface area contributed by atoms with E-state index in [-0.39, 0.29) is 42.6 Å². The molecule has 3 amide bonds. The molecule has 1 aliphatic rings. The van der Waals surface area contributed by atoms with Crippen molar-refractivity contribution < 1.29 is 14.4 Å². The molecule has 0 fully saturated rings. The second kappa shape index (κ2) is 8.54. The van der Waals surface area contributed by atoms with Crippen LogP contribution < -0.4 is 10.3 Å². The molecule has 152 valence electrons. The van der Waals surface area contributed by atoms with Crippen molar-refractivity contribution in [3.8, 4) is 0 Å². The van der Waals surface area contributed by atoms with Gasteiger partial charge in [0.1, 0.15) is 5.71 Å². The van der Waals surface area contributed by atoms with Gasteiger partial charge >= 0.3 is 0 Å². The lowest BCUT2D eigenvalue weighted by molar-refractivity contribution is -0.132. The first-order valence-corrected chi connectivity index (χ1v) is 9.60. The quantitative estimate of drug-likeness (QED) is 0.844. The van der Waals surface area contributed by atoms with Crippen molar-refractivity contribution in [3.05, 3.63) is 29.3 Å². The second-order valence-corrected chi connectivity index (χ2v) is 8.16. The van der Waals surface area contributed by atoms with Crippen LogP contribution in [0.5, 0.6) is 0 Å². The van der Waals surface area contributed by atoms with Gasteiger partial charge in [0.25, 0.3) is 5.91 Å². The molecule has 1 aromatic rings. The summed E-state index contributed by atoms with van der Waals surface area (Å²) in [7, 11) is 0.